The summed E-state index contributed by atoms with van der Waals surface area (Å²) in [6, 6.07) is 7.12. The van der Waals surface area contributed by atoms with E-state index < -0.39 is 16.6 Å². The highest BCUT2D eigenvalue weighted by Gasteiger charge is 2.42. The Balaban J connectivity index is 1.68. The van der Waals surface area contributed by atoms with Crippen LogP contribution in [-0.4, -0.2) is 45.7 Å². The van der Waals surface area contributed by atoms with Crippen molar-refractivity contribution in [2.24, 2.45) is 0 Å². The summed E-state index contributed by atoms with van der Waals surface area (Å²) in [6.45, 7) is 27.5. The van der Waals surface area contributed by atoms with Crippen molar-refractivity contribution in [3.05, 3.63) is 40.4 Å². The second kappa shape index (κ2) is 13.4. The number of allylic oxidation sites excluding steroid dienone is 1. The van der Waals surface area contributed by atoms with Crippen LogP contribution in [0.25, 0.3) is 6.08 Å². The molecule has 2 N–H and O–H groups in total. The molecule has 0 aliphatic heterocycles. The van der Waals surface area contributed by atoms with Crippen molar-refractivity contribution >= 4 is 39.2 Å². The van der Waals surface area contributed by atoms with Crippen molar-refractivity contribution in [3.8, 4) is 11.5 Å². The van der Waals surface area contributed by atoms with Crippen LogP contribution in [0, 0.1) is 0 Å². The molecule has 41 heavy (non-hydrogen) atoms. The number of fused-ring (bicyclic) bond motifs is 1. The zero-order valence-electron chi connectivity index (χ0n) is 27.8. The van der Waals surface area contributed by atoms with E-state index in [0.29, 0.717) is 6.04 Å². The van der Waals surface area contributed by atoms with Crippen molar-refractivity contribution in [2.75, 3.05) is 18.8 Å². The van der Waals surface area contributed by atoms with E-state index in [0.717, 1.165) is 55.4 Å². The summed E-state index contributed by atoms with van der Waals surface area (Å²) in [5.74, 6) is 1.80. The molecule has 0 fully saturated rings. The number of hydrogen-bond donors (Lipinski definition) is 1. The van der Waals surface area contributed by atoms with Gasteiger partial charge in [-0.05, 0) is 106 Å². The van der Waals surface area contributed by atoms with E-state index in [-0.39, 0.29) is 10.1 Å². The minimum absolute atomic E-state index is 0.115. The molecule has 5 nitrogen and oxygen atoms in total. The highest BCUT2D eigenvalue weighted by atomic mass is 32.1. The molecule has 1 unspecified atom stereocenters. The topological polar surface area (TPSA) is 60.6 Å². The van der Waals surface area contributed by atoms with E-state index in [1.165, 1.54) is 29.0 Å². The molecule has 1 heterocycles. The zero-order chi connectivity index (χ0) is 30.6. The van der Waals surface area contributed by atoms with Gasteiger partial charge in [0.15, 0.2) is 5.13 Å². The molecular formula is C33H57N3O2SSi2. The third-order valence-electron chi connectivity index (χ3n) is 9.39. The Kier molecular flexibility index (Phi) is 11.0. The first-order valence-electron chi connectivity index (χ1n) is 15.6. The minimum atomic E-state index is -2.03. The molecule has 8 heteroatoms. The SMILES string of the molecule is CCCN(CCC/C=C\c1ccc(O[Si](C)(C)C(C)(C)C)c(O[Si](C)(C)C(C)(C)C)c1)C1CCc2nc(N)sc2C1. The Bertz CT molecular complexity index is 1180. The average Bonchev–Trinajstić information content (AvgIpc) is 3.22. The second-order valence-corrected chi connectivity index (χ2v) is 25.4. The molecule has 0 radical (unpaired) electrons. The van der Waals surface area contributed by atoms with Gasteiger partial charge in [-0.3, -0.25) is 0 Å². The predicted molar refractivity (Wildman–Crippen MR) is 185 cm³/mol. The second-order valence-electron chi connectivity index (χ2n) is 14.8. The Morgan fingerprint density at radius 2 is 1.63 bits per heavy atom. The van der Waals surface area contributed by atoms with Gasteiger partial charge >= 0.3 is 0 Å². The van der Waals surface area contributed by atoms with E-state index in [1.807, 2.05) is 0 Å². The summed E-state index contributed by atoms with van der Waals surface area (Å²) in [7, 11) is -4.03. The molecule has 0 saturated heterocycles. The number of unbranched alkanes of at least 4 members (excludes halogenated alkanes) is 1. The number of benzene rings is 1. The zero-order valence-corrected chi connectivity index (χ0v) is 30.6. The highest BCUT2D eigenvalue weighted by Crippen LogP contribution is 2.44. The Hall–Kier alpha value is -1.62. The molecule has 2 aromatic rings. The largest absolute Gasteiger partial charge is 0.541 e. The molecule has 230 valence electrons. The van der Waals surface area contributed by atoms with Crippen LogP contribution < -0.4 is 14.6 Å². The third-order valence-corrected chi connectivity index (χ3v) is 19.0. The predicted octanol–water partition coefficient (Wildman–Crippen LogP) is 9.56. The molecule has 1 aromatic heterocycles. The normalized spacial score (nSPS) is 16.8. The van der Waals surface area contributed by atoms with Crippen molar-refractivity contribution in [1.82, 2.24) is 9.88 Å². The number of nitrogens with zero attached hydrogens (tertiary/aromatic N) is 2. The lowest BCUT2D eigenvalue weighted by Crippen LogP contribution is -2.45. The highest BCUT2D eigenvalue weighted by molar-refractivity contribution is 7.15. The van der Waals surface area contributed by atoms with E-state index in [4.69, 9.17) is 14.6 Å². The van der Waals surface area contributed by atoms with Gasteiger partial charge in [-0.1, -0.05) is 66.7 Å². The Morgan fingerprint density at radius 3 is 2.24 bits per heavy atom. The molecule has 3 rings (SSSR count). The summed E-state index contributed by atoms with van der Waals surface area (Å²) in [6.07, 6.45) is 11.3. The van der Waals surface area contributed by atoms with Crippen LogP contribution in [0.2, 0.25) is 36.3 Å². The van der Waals surface area contributed by atoms with Crippen LogP contribution >= 0.6 is 11.3 Å². The molecule has 1 aromatic carbocycles. The smallest absolute Gasteiger partial charge is 0.250 e. The molecule has 1 atom stereocenters. The molecule has 1 aliphatic rings. The van der Waals surface area contributed by atoms with Crippen LogP contribution in [-0.2, 0) is 12.8 Å². The lowest BCUT2D eigenvalue weighted by molar-refractivity contribution is 0.178. The lowest BCUT2D eigenvalue weighted by atomic mass is 9.96. The number of nitrogen functional groups attached to an aromatic ring is 1. The number of thiazole rings is 1. The fourth-order valence-electron chi connectivity index (χ4n) is 4.73. The van der Waals surface area contributed by atoms with Gasteiger partial charge in [0.2, 0.25) is 0 Å². The van der Waals surface area contributed by atoms with Gasteiger partial charge in [-0.25, -0.2) is 4.98 Å². The van der Waals surface area contributed by atoms with Gasteiger partial charge in [0.05, 0.1) is 5.69 Å². The van der Waals surface area contributed by atoms with Gasteiger partial charge in [-0.15, -0.1) is 11.3 Å². The molecular weight excluding hydrogens is 559 g/mol. The molecule has 1 aliphatic carbocycles. The number of rotatable bonds is 12. The third kappa shape index (κ3) is 8.94. The van der Waals surface area contributed by atoms with Crippen LogP contribution in [0.15, 0.2) is 24.3 Å². The van der Waals surface area contributed by atoms with Crippen LogP contribution in [0.3, 0.4) is 0 Å². The number of hydrogen-bond acceptors (Lipinski definition) is 6. The van der Waals surface area contributed by atoms with Crippen molar-refractivity contribution < 1.29 is 8.85 Å². The van der Waals surface area contributed by atoms with E-state index in [2.05, 4.69) is 115 Å². The first-order chi connectivity index (χ1) is 18.9. The van der Waals surface area contributed by atoms with E-state index in [1.54, 1.807) is 11.3 Å². The van der Waals surface area contributed by atoms with Gasteiger partial charge in [-0.2, -0.15) is 0 Å². The molecule has 0 amide bonds. The molecule has 0 bridgehead atoms. The number of aromatic nitrogens is 1. The Labute approximate surface area is 257 Å². The van der Waals surface area contributed by atoms with Gasteiger partial charge in [0.1, 0.15) is 11.5 Å². The fraction of sp³-hybridized carbons (Fsp3) is 0.667. The lowest BCUT2D eigenvalue weighted by Gasteiger charge is -2.39. The van der Waals surface area contributed by atoms with E-state index >= 15 is 0 Å². The summed E-state index contributed by atoms with van der Waals surface area (Å²) in [4.78, 5) is 8.63. The van der Waals surface area contributed by atoms with Gasteiger partial charge in [0.25, 0.3) is 16.6 Å². The van der Waals surface area contributed by atoms with Gasteiger partial charge in [0, 0.05) is 10.9 Å². The average molecular weight is 616 g/mol. The first kappa shape index (κ1) is 33.9. The monoisotopic (exact) mass is 615 g/mol. The Morgan fingerprint density at radius 1 is 1.00 bits per heavy atom. The molecule has 0 saturated carbocycles. The van der Waals surface area contributed by atoms with Crippen molar-refractivity contribution in [1.29, 1.82) is 0 Å². The quantitative estimate of drug-likeness (QED) is 0.190. The van der Waals surface area contributed by atoms with Crippen LogP contribution in [0.5, 0.6) is 11.5 Å². The van der Waals surface area contributed by atoms with E-state index in [9.17, 15) is 0 Å². The number of nitrogens with two attached hydrogens (primary N) is 1. The van der Waals surface area contributed by atoms with Crippen LogP contribution in [0.4, 0.5) is 5.13 Å². The summed E-state index contributed by atoms with van der Waals surface area (Å²) in [5, 5.41) is 0.962. The standard InChI is InChI=1S/C33H57N3O2SSi2/c1-12-21-36(26-18-19-27-30(24-26)39-31(34)35-27)22-15-13-14-16-25-17-20-28(37-40(8,9)32(2,3)4)29(23-25)38-41(10,11)33(5,6)7/h14,16-17,20,23,26H,12-13,15,18-19,21-22,24H2,1-11H3,(H2,34,35)/b16-14-. The maximum atomic E-state index is 6.86. The first-order valence-corrected chi connectivity index (χ1v) is 22.2. The number of aryl methyl sites for hydroxylation is 1. The fourth-order valence-corrected chi connectivity index (χ4v) is 7.72. The minimum Gasteiger partial charge on any atom is -0.541 e. The maximum Gasteiger partial charge on any atom is 0.250 e. The van der Waals surface area contributed by atoms with Crippen molar-refractivity contribution in [3.63, 3.8) is 0 Å². The van der Waals surface area contributed by atoms with Crippen LogP contribution in [0.1, 0.15) is 90.3 Å². The summed E-state index contributed by atoms with van der Waals surface area (Å²) < 4.78 is 13.6. The summed E-state index contributed by atoms with van der Waals surface area (Å²) >= 11 is 1.68. The number of anilines is 1. The molecule has 0 spiro atoms. The summed E-state index contributed by atoms with van der Waals surface area (Å²) in [5.41, 5.74) is 8.40. The van der Waals surface area contributed by atoms with Crippen molar-refractivity contribution in [2.45, 2.75) is 129 Å². The maximum absolute atomic E-state index is 6.86. The van der Waals surface area contributed by atoms with Gasteiger partial charge < -0.3 is 19.5 Å².